The Labute approximate surface area is 142 Å². The van der Waals surface area contributed by atoms with Gasteiger partial charge in [0.15, 0.2) is 0 Å². The number of halogens is 1. The van der Waals surface area contributed by atoms with Gasteiger partial charge in [-0.05, 0) is 32.9 Å². The quantitative estimate of drug-likeness (QED) is 0.849. The maximum Gasteiger partial charge on any atom is 0.411 e. The van der Waals surface area contributed by atoms with Gasteiger partial charge in [-0.2, -0.15) is 0 Å². The maximum absolute atomic E-state index is 13.9. The predicted molar refractivity (Wildman–Crippen MR) is 88.1 cm³/mol. The van der Waals surface area contributed by atoms with Crippen LogP contribution in [0.1, 0.15) is 32.9 Å². The van der Waals surface area contributed by atoms with Crippen molar-refractivity contribution in [2.45, 2.75) is 51.6 Å². The van der Waals surface area contributed by atoms with E-state index < -0.39 is 23.9 Å². The highest BCUT2D eigenvalue weighted by Crippen LogP contribution is 2.25. The minimum atomic E-state index is -1.21. The zero-order valence-electron chi connectivity index (χ0n) is 15.0. The maximum atomic E-state index is 13.9. The highest BCUT2D eigenvalue weighted by atomic mass is 19.1. The number of ether oxygens (including phenoxy) is 1. The number of aromatic nitrogens is 1. The third-order valence-corrected chi connectivity index (χ3v) is 3.99. The number of hydrogen-bond acceptors (Lipinski definition) is 3. The van der Waals surface area contributed by atoms with Gasteiger partial charge < -0.3 is 14.2 Å². The van der Waals surface area contributed by atoms with Crippen molar-refractivity contribution in [1.82, 2.24) is 14.4 Å². The number of alkyl halides is 1. The molecule has 2 heterocycles. The standard InChI is InChI=1S/C17H26FN3O3/c1-17(2,3)24-16(23)21-10-12(18)9-14(21)15(22)20(5)11-13-7-6-8-19(13)4/h6-8,12,14H,9-11H2,1-5H3/t12-,14+/m0/s1. The average molecular weight is 339 g/mol. The van der Waals surface area contributed by atoms with Gasteiger partial charge >= 0.3 is 6.09 Å². The molecule has 0 unspecified atom stereocenters. The van der Waals surface area contributed by atoms with Crippen LogP contribution in [-0.2, 0) is 23.1 Å². The van der Waals surface area contributed by atoms with Gasteiger partial charge in [0.05, 0.1) is 13.1 Å². The largest absolute Gasteiger partial charge is 0.444 e. The van der Waals surface area contributed by atoms with Crippen LogP contribution in [0.4, 0.5) is 9.18 Å². The summed E-state index contributed by atoms with van der Waals surface area (Å²) < 4.78 is 21.1. The zero-order chi connectivity index (χ0) is 18.1. The summed E-state index contributed by atoms with van der Waals surface area (Å²) in [7, 11) is 3.56. The van der Waals surface area contributed by atoms with Crippen LogP contribution in [-0.4, -0.2) is 57.8 Å². The molecule has 2 rings (SSSR count). The first-order valence-corrected chi connectivity index (χ1v) is 8.07. The molecule has 6 nitrogen and oxygen atoms in total. The first kappa shape index (κ1) is 18.3. The van der Waals surface area contributed by atoms with Crippen LogP contribution in [0.2, 0.25) is 0 Å². The van der Waals surface area contributed by atoms with E-state index in [0.29, 0.717) is 6.54 Å². The van der Waals surface area contributed by atoms with Crippen LogP contribution >= 0.6 is 0 Å². The molecule has 2 atom stereocenters. The van der Waals surface area contributed by atoms with E-state index in [1.165, 1.54) is 9.80 Å². The minimum absolute atomic E-state index is 0.00948. The summed E-state index contributed by atoms with van der Waals surface area (Å²) >= 11 is 0. The zero-order valence-corrected chi connectivity index (χ0v) is 15.0. The molecule has 1 aliphatic rings. The smallest absolute Gasteiger partial charge is 0.411 e. The first-order chi connectivity index (χ1) is 11.1. The van der Waals surface area contributed by atoms with Gasteiger partial charge in [-0.25, -0.2) is 9.18 Å². The molecule has 0 N–H and O–H groups in total. The normalized spacial score (nSPS) is 21.0. The highest BCUT2D eigenvalue weighted by Gasteiger charge is 2.42. The Morgan fingerprint density at radius 3 is 2.62 bits per heavy atom. The van der Waals surface area contributed by atoms with Crippen LogP contribution in [0.5, 0.6) is 0 Å². The molecule has 2 amide bonds. The molecule has 0 aromatic carbocycles. The monoisotopic (exact) mass is 339 g/mol. The van der Waals surface area contributed by atoms with Crippen molar-refractivity contribution in [2.75, 3.05) is 13.6 Å². The van der Waals surface area contributed by atoms with Gasteiger partial charge in [-0.15, -0.1) is 0 Å². The minimum Gasteiger partial charge on any atom is -0.444 e. The third kappa shape index (κ3) is 4.27. The molecule has 0 radical (unpaired) electrons. The second-order valence-electron chi connectivity index (χ2n) is 7.29. The lowest BCUT2D eigenvalue weighted by Crippen LogP contribution is -2.48. The Balaban J connectivity index is 2.08. The predicted octanol–water partition coefficient (Wildman–Crippen LogP) is 2.33. The van der Waals surface area contributed by atoms with Crippen LogP contribution in [0.15, 0.2) is 18.3 Å². The molecule has 7 heteroatoms. The fourth-order valence-corrected chi connectivity index (χ4v) is 2.78. The Kier molecular flexibility index (Phi) is 5.20. The molecule has 1 fully saturated rings. The van der Waals surface area contributed by atoms with Crippen molar-refractivity contribution in [3.8, 4) is 0 Å². The lowest BCUT2D eigenvalue weighted by molar-refractivity contribution is -0.135. The number of likely N-dealkylation sites (N-methyl/N-ethyl adjacent to an activating group) is 1. The van der Waals surface area contributed by atoms with Gasteiger partial charge in [-0.1, -0.05) is 0 Å². The molecule has 0 aliphatic carbocycles. The summed E-state index contributed by atoms with van der Waals surface area (Å²) in [4.78, 5) is 27.7. The van der Waals surface area contributed by atoms with Crippen LogP contribution in [0, 0.1) is 0 Å². The molecule has 1 aromatic heterocycles. The lowest BCUT2D eigenvalue weighted by atomic mass is 10.2. The van der Waals surface area contributed by atoms with Gasteiger partial charge in [-0.3, -0.25) is 9.69 Å². The summed E-state index contributed by atoms with van der Waals surface area (Å²) in [6.45, 7) is 5.52. The summed E-state index contributed by atoms with van der Waals surface area (Å²) in [6, 6.07) is 3.00. The lowest BCUT2D eigenvalue weighted by Gasteiger charge is -2.30. The van der Waals surface area contributed by atoms with Crippen LogP contribution in [0.3, 0.4) is 0 Å². The molecular formula is C17H26FN3O3. The average Bonchev–Trinajstić information content (AvgIpc) is 3.03. The Morgan fingerprint density at radius 1 is 1.42 bits per heavy atom. The number of nitrogens with zero attached hydrogens (tertiary/aromatic N) is 3. The third-order valence-electron chi connectivity index (χ3n) is 3.99. The number of likely N-dealkylation sites (tertiary alicyclic amines) is 1. The van der Waals surface area contributed by atoms with E-state index in [1.807, 2.05) is 29.9 Å². The van der Waals surface area contributed by atoms with Gasteiger partial charge in [0.2, 0.25) is 5.91 Å². The Bertz CT molecular complexity index is 608. The molecule has 134 valence electrons. The van der Waals surface area contributed by atoms with Crippen molar-refractivity contribution in [3.05, 3.63) is 24.0 Å². The number of carbonyl (C=O) groups excluding carboxylic acids is 2. The van der Waals surface area contributed by atoms with E-state index >= 15 is 0 Å². The van der Waals surface area contributed by atoms with Gasteiger partial charge in [0.25, 0.3) is 0 Å². The molecule has 0 saturated carbocycles. The first-order valence-electron chi connectivity index (χ1n) is 8.07. The fraction of sp³-hybridized carbons (Fsp3) is 0.647. The van der Waals surface area contributed by atoms with Crippen molar-refractivity contribution in [1.29, 1.82) is 0 Å². The van der Waals surface area contributed by atoms with Gasteiger partial charge in [0, 0.05) is 32.4 Å². The highest BCUT2D eigenvalue weighted by molar-refractivity contribution is 5.86. The molecule has 0 bridgehead atoms. The Morgan fingerprint density at radius 2 is 2.08 bits per heavy atom. The number of hydrogen-bond donors (Lipinski definition) is 0. The molecule has 1 saturated heterocycles. The molecule has 0 spiro atoms. The van der Waals surface area contributed by atoms with E-state index in [9.17, 15) is 14.0 Å². The van der Waals surface area contributed by atoms with Crippen molar-refractivity contribution in [3.63, 3.8) is 0 Å². The topological polar surface area (TPSA) is 54.8 Å². The molecule has 1 aliphatic heterocycles. The second kappa shape index (κ2) is 6.83. The summed E-state index contributed by atoms with van der Waals surface area (Å²) in [5.41, 5.74) is 0.276. The number of aryl methyl sites for hydroxylation is 1. The van der Waals surface area contributed by atoms with E-state index in [-0.39, 0.29) is 18.9 Å². The number of carbonyl (C=O) groups is 2. The van der Waals surface area contributed by atoms with Crippen molar-refractivity contribution < 1.29 is 18.7 Å². The van der Waals surface area contributed by atoms with E-state index in [1.54, 1.807) is 27.8 Å². The van der Waals surface area contributed by atoms with E-state index in [2.05, 4.69) is 0 Å². The van der Waals surface area contributed by atoms with Crippen molar-refractivity contribution >= 4 is 12.0 Å². The van der Waals surface area contributed by atoms with E-state index in [4.69, 9.17) is 4.74 Å². The SMILES string of the molecule is CN(Cc1cccn1C)C(=O)[C@H]1C[C@H](F)CN1C(=O)OC(C)(C)C. The molecular weight excluding hydrogens is 313 g/mol. The summed E-state index contributed by atoms with van der Waals surface area (Å²) in [5.74, 6) is -0.276. The number of amides is 2. The van der Waals surface area contributed by atoms with E-state index in [0.717, 1.165) is 5.69 Å². The van der Waals surface area contributed by atoms with Gasteiger partial charge in [0.1, 0.15) is 17.8 Å². The fourth-order valence-electron chi connectivity index (χ4n) is 2.78. The second-order valence-corrected chi connectivity index (χ2v) is 7.29. The van der Waals surface area contributed by atoms with Crippen LogP contribution in [0.25, 0.3) is 0 Å². The molecule has 1 aromatic rings. The van der Waals surface area contributed by atoms with Crippen LogP contribution < -0.4 is 0 Å². The van der Waals surface area contributed by atoms with Crippen molar-refractivity contribution in [2.24, 2.45) is 7.05 Å². The Hall–Kier alpha value is -2.05. The summed E-state index contributed by atoms with van der Waals surface area (Å²) in [6.07, 6.45) is 0.0479. The summed E-state index contributed by atoms with van der Waals surface area (Å²) in [5, 5.41) is 0. The number of rotatable bonds is 3. The molecule has 24 heavy (non-hydrogen) atoms.